The molecule has 0 bridgehead atoms. The number of fused-ring (bicyclic) bond motifs is 1. The Morgan fingerprint density at radius 3 is 2.95 bits per heavy atom. The summed E-state index contributed by atoms with van der Waals surface area (Å²) in [7, 11) is 0. The first-order chi connectivity index (χ1) is 9.22. The van der Waals surface area contributed by atoms with Gasteiger partial charge in [0.2, 0.25) is 0 Å². The largest absolute Gasteiger partial charge is 0.389 e. The van der Waals surface area contributed by atoms with Crippen molar-refractivity contribution < 1.29 is 9.84 Å². The van der Waals surface area contributed by atoms with Gasteiger partial charge in [0.25, 0.3) is 0 Å². The second kappa shape index (κ2) is 6.68. The van der Waals surface area contributed by atoms with E-state index in [1.807, 2.05) is 35.8 Å². The van der Waals surface area contributed by atoms with Crippen LogP contribution in [-0.4, -0.2) is 34.0 Å². The molecule has 0 saturated carbocycles. The zero-order chi connectivity index (χ0) is 13.7. The first-order valence-electron chi connectivity index (χ1n) is 6.90. The molecular formula is C15H22N2O2. The van der Waals surface area contributed by atoms with E-state index in [1.54, 1.807) is 0 Å². The van der Waals surface area contributed by atoms with Crippen LogP contribution in [0.15, 0.2) is 24.3 Å². The Hall–Kier alpha value is -1.39. The number of hydrogen-bond acceptors (Lipinski definition) is 3. The molecule has 2 rings (SSSR count). The van der Waals surface area contributed by atoms with Crippen molar-refractivity contribution in [2.24, 2.45) is 0 Å². The summed E-state index contributed by atoms with van der Waals surface area (Å²) >= 11 is 0. The number of aromatic nitrogens is 2. The van der Waals surface area contributed by atoms with E-state index in [0.717, 1.165) is 36.3 Å². The fraction of sp³-hybridized carbons (Fsp3) is 0.533. The summed E-state index contributed by atoms with van der Waals surface area (Å²) in [5, 5.41) is 10.0. The van der Waals surface area contributed by atoms with Crippen molar-refractivity contribution in [2.45, 2.75) is 39.3 Å². The molecule has 0 unspecified atom stereocenters. The van der Waals surface area contributed by atoms with E-state index in [2.05, 4.69) is 11.9 Å². The molecule has 4 nitrogen and oxygen atoms in total. The number of nitrogens with zero attached hydrogens (tertiary/aromatic N) is 2. The monoisotopic (exact) mass is 262 g/mol. The van der Waals surface area contributed by atoms with E-state index in [9.17, 15) is 5.11 Å². The van der Waals surface area contributed by atoms with Crippen LogP contribution in [0.5, 0.6) is 0 Å². The Labute approximate surface area is 114 Å². The summed E-state index contributed by atoms with van der Waals surface area (Å²) in [6.07, 6.45) is 1.66. The van der Waals surface area contributed by atoms with Crippen LogP contribution in [0.25, 0.3) is 11.0 Å². The molecule has 0 saturated heterocycles. The lowest BCUT2D eigenvalue weighted by atomic mass is 10.3. The SMILES string of the molecule is CCCCOC[C@@H](O)Cn1c(C)nc2ccccc21. The summed E-state index contributed by atoms with van der Waals surface area (Å²) in [4.78, 5) is 4.49. The Morgan fingerprint density at radius 1 is 1.37 bits per heavy atom. The molecule has 104 valence electrons. The molecule has 1 N–H and O–H groups in total. The molecule has 0 aliphatic carbocycles. The Morgan fingerprint density at radius 2 is 2.16 bits per heavy atom. The molecule has 0 spiro atoms. The number of aliphatic hydroxyl groups is 1. The lowest BCUT2D eigenvalue weighted by Crippen LogP contribution is -2.22. The Bertz CT molecular complexity index is 522. The number of ether oxygens (including phenoxy) is 1. The van der Waals surface area contributed by atoms with Gasteiger partial charge in [0, 0.05) is 6.61 Å². The topological polar surface area (TPSA) is 47.3 Å². The molecular weight excluding hydrogens is 240 g/mol. The molecule has 1 atom stereocenters. The molecule has 0 aliphatic rings. The number of para-hydroxylation sites is 2. The minimum absolute atomic E-state index is 0.381. The van der Waals surface area contributed by atoms with Crippen molar-refractivity contribution in [1.29, 1.82) is 0 Å². The molecule has 1 aromatic carbocycles. The van der Waals surface area contributed by atoms with Gasteiger partial charge >= 0.3 is 0 Å². The lowest BCUT2D eigenvalue weighted by Gasteiger charge is -2.13. The average Bonchev–Trinajstić information content (AvgIpc) is 2.72. The van der Waals surface area contributed by atoms with E-state index in [4.69, 9.17) is 4.74 Å². The lowest BCUT2D eigenvalue weighted by molar-refractivity contribution is 0.0274. The van der Waals surface area contributed by atoms with Gasteiger partial charge in [0.15, 0.2) is 0 Å². The number of hydrogen-bond donors (Lipinski definition) is 1. The Balaban J connectivity index is 1.98. The maximum atomic E-state index is 10.0. The highest BCUT2D eigenvalue weighted by molar-refractivity contribution is 5.75. The highest BCUT2D eigenvalue weighted by Gasteiger charge is 2.11. The van der Waals surface area contributed by atoms with E-state index >= 15 is 0 Å². The molecule has 0 aliphatic heterocycles. The van der Waals surface area contributed by atoms with Gasteiger partial charge in [0.05, 0.1) is 30.3 Å². The van der Waals surface area contributed by atoms with E-state index < -0.39 is 6.10 Å². The average molecular weight is 262 g/mol. The van der Waals surface area contributed by atoms with Crippen molar-refractivity contribution in [1.82, 2.24) is 9.55 Å². The molecule has 0 radical (unpaired) electrons. The first kappa shape index (κ1) is 14.0. The van der Waals surface area contributed by atoms with Gasteiger partial charge in [-0.1, -0.05) is 25.5 Å². The van der Waals surface area contributed by atoms with Crippen molar-refractivity contribution >= 4 is 11.0 Å². The number of benzene rings is 1. The fourth-order valence-corrected chi connectivity index (χ4v) is 2.16. The predicted molar refractivity (Wildman–Crippen MR) is 76.2 cm³/mol. The van der Waals surface area contributed by atoms with Crippen molar-refractivity contribution in [2.75, 3.05) is 13.2 Å². The zero-order valence-corrected chi connectivity index (χ0v) is 11.7. The van der Waals surface area contributed by atoms with Crippen molar-refractivity contribution in [3.63, 3.8) is 0 Å². The molecule has 0 fully saturated rings. The third-order valence-electron chi connectivity index (χ3n) is 3.19. The van der Waals surface area contributed by atoms with E-state index in [-0.39, 0.29) is 0 Å². The van der Waals surface area contributed by atoms with E-state index in [1.165, 1.54) is 0 Å². The van der Waals surface area contributed by atoms with Crippen LogP contribution in [0.2, 0.25) is 0 Å². The normalized spacial score (nSPS) is 13.0. The van der Waals surface area contributed by atoms with Gasteiger partial charge in [-0.15, -0.1) is 0 Å². The molecule has 2 aromatic rings. The summed E-state index contributed by atoms with van der Waals surface area (Å²) < 4.78 is 7.50. The number of imidazole rings is 1. The molecule has 19 heavy (non-hydrogen) atoms. The highest BCUT2D eigenvalue weighted by atomic mass is 16.5. The van der Waals surface area contributed by atoms with Crippen LogP contribution in [0, 0.1) is 6.92 Å². The van der Waals surface area contributed by atoms with E-state index in [0.29, 0.717) is 13.2 Å². The van der Waals surface area contributed by atoms with Crippen molar-refractivity contribution in [3.8, 4) is 0 Å². The summed E-state index contributed by atoms with van der Waals surface area (Å²) in [5.74, 6) is 0.925. The third kappa shape index (κ3) is 3.55. The van der Waals surface area contributed by atoms with Crippen LogP contribution in [-0.2, 0) is 11.3 Å². The van der Waals surface area contributed by atoms with Crippen LogP contribution in [0.4, 0.5) is 0 Å². The number of rotatable bonds is 7. The molecule has 4 heteroatoms. The zero-order valence-electron chi connectivity index (χ0n) is 11.7. The van der Waals surface area contributed by atoms with Crippen LogP contribution >= 0.6 is 0 Å². The second-order valence-electron chi connectivity index (χ2n) is 4.84. The quantitative estimate of drug-likeness (QED) is 0.780. The molecule has 0 amide bonds. The second-order valence-corrected chi connectivity index (χ2v) is 4.84. The van der Waals surface area contributed by atoms with Gasteiger partial charge in [-0.3, -0.25) is 0 Å². The van der Waals surface area contributed by atoms with Crippen LogP contribution in [0.3, 0.4) is 0 Å². The summed E-state index contributed by atoms with van der Waals surface area (Å²) in [6.45, 7) is 5.72. The highest BCUT2D eigenvalue weighted by Crippen LogP contribution is 2.15. The fourth-order valence-electron chi connectivity index (χ4n) is 2.16. The molecule has 1 aromatic heterocycles. The van der Waals surface area contributed by atoms with Crippen LogP contribution < -0.4 is 0 Å². The van der Waals surface area contributed by atoms with Gasteiger partial charge in [0.1, 0.15) is 5.82 Å². The maximum Gasteiger partial charge on any atom is 0.106 e. The van der Waals surface area contributed by atoms with Gasteiger partial charge < -0.3 is 14.4 Å². The van der Waals surface area contributed by atoms with Crippen LogP contribution in [0.1, 0.15) is 25.6 Å². The van der Waals surface area contributed by atoms with Gasteiger partial charge in [-0.25, -0.2) is 4.98 Å². The molecule has 1 heterocycles. The summed E-state index contributed by atoms with van der Waals surface area (Å²) in [6, 6.07) is 7.98. The summed E-state index contributed by atoms with van der Waals surface area (Å²) in [5.41, 5.74) is 2.03. The third-order valence-corrected chi connectivity index (χ3v) is 3.19. The first-order valence-corrected chi connectivity index (χ1v) is 6.90. The minimum atomic E-state index is -0.492. The Kier molecular flexibility index (Phi) is 4.93. The predicted octanol–water partition coefficient (Wildman–Crippen LogP) is 2.52. The van der Waals surface area contributed by atoms with Gasteiger partial charge in [-0.2, -0.15) is 0 Å². The number of unbranched alkanes of at least 4 members (excludes halogenated alkanes) is 1. The number of aliphatic hydroxyl groups excluding tert-OH is 1. The smallest absolute Gasteiger partial charge is 0.106 e. The number of aryl methyl sites for hydroxylation is 1. The van der Waals surface area contributed by atoms with Crippen molar-refractivity contribution in [3.05, 3.63) is 30.1 Å². The standard InChI is InChI=1S/C15H22N2O2/c1-3-4-9-19-11-13(18)10-17-12(2)16-14-7-5-6-8-15(14)17/h5-8,13,18H,3-4,9-11H2,1-2H3/t13-/m0/s1. The maximum absolute atomic E-state index is 10.0. The minimum Gasteiger partial charge on any atom is -0.389 e. The van der Waals surface area contributed by atoms with Gasteiger partial charge in [-0.05, 0) is 25.5 Å².